The van der Waals surface area contributed by atoms with Gasteiger partial charge in [-0.05, 0) is 53.6 Å². The SMILES string of the molecule is Clc1ccc(C#Cc2ccc(NC(c3ccccc3)c3ccccc3)cc2)cc1Cl. The summed E-state index contributed by atoms with van der Waals surface area (Å²) >= 11 is 12.0. The molecule has 0 amide bonds. The lowest BCUT2D eigenvalue weighted by atomic mass is 9.98. The van der Waals surface area contributed by atoms with Crippen LogP contribution in [0.3, 0.4) is 0 Å². The molecule has 1 nitrogen and oxygen atoms in total. The summed E-state index contributed by atoms with van der Waals surface area (Å²) in [6, 6.07) is 34.5. The normalized spacial score (nSPS) is 10.4. The Labute approximate surface area is 187 Å². The van der Waals surface area contributed by atoms with E-state index in [9.17, 15) is 0 Å². The molecule has 0 saturated heterocycles. The fraction of sp³-hybridized carbons (Fsp3) is 0.0370. The molecule has 0 atom stereocenters. The quantitative estimate of drug-likeness (QED) is 0.330. The van der Waals surface area contributed by atoms with Gasteiger partial charge in [-0.25, -0.2) is 0 Å². The van der Waals surface area contributed by atoms with Crippen LogP contribution in [0.4, 0.5) is 5.69 Å². The van der Waals surface area contributed by atoms with Gasteiger partial charge in [-0.15, -0.1) is 0 Å². The number of hydrogen-bond donors (Lipinski definition) is 1. The zero-order chi connectivity index (χ0) is 20.8. The van der Waals surface area contributed by atoms with E-state index in [2.05, 4.69) is 77.8 Å². The third kappa shape index (κ3) is 5.05. The van der Waals surface area contributed by atoms with Crippen molar-refractivity contribution in [1.29, 1.82) is 0 Å². The molecular weight excluding hydrogens is 409 g/mol. The molecule has 4 aromatic carbocycles. The van der Waals surface area contributed by atoms with Crippen molar-refractivity contribution in [3.8, 4) is 11.8 Å². The van der Waals surface area contributed by atoms with Crippen LogP contribution in [0, 0.1) is 11.8 Å². The largest absolute Gasteiger partial charge is 0.374 e. The zero-order valence-corrected chi connectivity index (χ0v) is 17.7. The summed E-state index contributed by atoms with van der Waals surface area (Å²) in [7, 11) is 0. The van der Waals surface area contributed by atoms with Gasteiger partial charge in [-0.2, -0.15) is 0 Å². The lowest BCUT2D eigenvalue weighted by Gasteiger charge is -2.21. The van der Waals surface area contributed by atoms with Crippen molar-refractivity contribution in [2.24, 2.45) is 0 Å². The maximum Gasteiger partial charge on any atom is 0.0767 e. The molecule has 1 N–H and O–H groups in total. The average molecular weight is 428 g/mol. The Morgan fingerprint density at radius 3 is 1.67 bits per heavy atom. The summed E-state index contributed by atoms with van der Waals surface area (Å²) < 4.78 is 0. The zero-order valence-electron chi connectivity index (χ0n) is 16.1. The molecule has 30 heavy (non-hydrogen) atoms. The summed E-state index contributed by atoms with van der Waals surface area (Å²) in [5.74, 6) is 6.30. The van der Waals surface area contributed by atoms with Crippen LogP contribution in [-0.2, 0) is 0 Å². The van der Waals surface area contributed by atoms with E-state index in [0.717, 1.165) is 16.8 Å². The highest BCUT2D eigenvalue weighted by Gasteiger charge is 2.13. The maximum absolute atomic E-state index is 6.06. The first kappa shape index (κ1) is 20.1. The minimum atomic E-state index is 0.0699. The van der Waals surface area contributed by atoms with Crippen LogP contribution in [0.15, 0.2) is 103 Å². The minimum Gasteiger partial charge on any atom is -0.374 e. The van der Waals surface area contributed by atoms with Crippen molar-refractivity contribution in [2.75, 3.05) is 5.32 Å². The molecule has 0 aromatic heterocycles. The Hall–Kier alpha value is -3.18. The second-order valence-corrected chi connectivity index (χ2v) is 7.67. The predicted molar refractivity (Wildman–Crippen MR) is 127 cm³/mol. The van der Waals surface area contributed by atoms with E-state index < -0.39 is 0 Å². The molecule has 0 spiro atoms. The summed E-state index contributed by atoms with van der Waals surface area (Å²) in [5, 5.41) is 4.69. The van der Waals surface area contributed by atoms with Crippen LogP contribution in [0.25, 0.3) is 0 Å². The molecule has 0 saturated carbocycles. The van der Waals surface area contributed by atoms with Gasteiger partial charge in [0.25, 0.3) is 0 Å². The number of hydrogen-bond acceptors (Lipinski definition) is 1. The van der Waals surface area contributed by atoms with Gasteiger partial charge >= 0.3 is 0 Å². The Morgan fingerprint density at radius 1 is 0.567 bits per heavy atom. The lowest BCUT2D eigenvalue weighted by molar-refractivity contribution is 0.939. The Balaban J connectivity index is 1.54. The van der Waals surface area contributed by atoms with Crippen molar-refractivity contribution < 1.29 is 0 Å². The van der Waals surface area contributed by atoms with Gasteiger partial charge in [0, 0.05) is 16.8 Å². The minimum absolute atomic E-state index is 0.0699. The highest BCUT2D eigenvalue weighted by Crippen LogP contribution is 2.27. The third-order valence-electron chi connectivity index (χ3n) is 4.73. The van der Waals surface area contributed by atoms with Crippen LogP contribution in [0.5, 0.6) is 0 Å². The fourth-order valence-corrected chi connectivity index (χ4v) is 3.48. The maximum atomic E-state index is 6.06. The fourth-order valence-electron chi connectivity index (χ4n) is 3.18. The molecule has 0 aliphatic heterocycles. The van der Waals surface area contributed by atoms with Crippen LogP contribution >= 0.6 is 23.2 Å². The standard InChI is InChI=1S/C27H19Cl2N/c28-25-18-15-21(19-26(25)29)12-11-20-13-16-24(17-14-20)30-27(22-7-3-1-4-8-22)23-9-5-2-6-10-23/h1-10,13-19,27,30H. The van der Waals surface area contributed by atoms with Crippen molar-refractivity contribution in [2.45, 2.75) is 6.04 Å². The van der Waals surface area contributed by atoms with E-state index in [1.807, 2.05) is 30.3 Å². The second-order valence-electron chi connectivity index (χ2n) is 6.85. The lowest BCUT2D eigenvalue weighted by Crippen LogP contribution is -2.12. The molecular formula is C27H19Cl2N. The number of halogens is 2. The molecule has 0 radical (unpaired) electrons. The van der Waals surface area contributed by atoms with Crippen LogP contribution in [-0.4, -0.2) is 0 Å². The first-order valence-electron chi connectivity index (χ1n) is 9.62. The van der Waals surface area contributed by atoms with Gasteiger partial charge in [0.2, 0.25) is 0 Å². The van der Waals surface area contributed by atoms with Gasteiger partial charge in [0.15, 0.2) is 0 Å². The summed E-state index contributed by atoms with van der Waals surface area (Å²) in [4.78, 5) is 0. The van der Waals surface area contributed by atoms with Crippen molar-refractivity contribution in [3.05, 3.63) is 135 Å². The molecule has 0 aliphatic carbocycles. The summed E-state index contributed by atoms with van der Waals surface area (Å²) in [5.41, 5.74) is 5.23. The van der Waals surface area contributed by atoms with Gasteiger partial charge in [-0.1, -0.05) is 95.7 Å². The Morgan fingerprint density at radius 2 is 1.10 bits per heavy atom. The molecule has 146 valence electrons. The van der Waals surface area contributed by atoms with E-state index in [4.69, 9.17) is 23.2 Å². The highest BCUT2D eigenvalue weighted by atomic mass is 35.5. The van der Waals surface area contributed by atoms with Crippen LogP contribution in [0.2, 0.25) is 10.0 Å². The van der Waals surface area contributed by atoms with E-state index in [1.165, 1.54) is 11.1 Å². The molecule has 0 bridgehead atoms. The average Bonchev–Trinajstić information content (AvgIpc) is 2.80. The Kier molecular flexibility index (Phi) is 6.40. The number of benzene rings is 4. The molecule has 3 heteroatoms. The van der Waals surface area contributed by atoms with E-state index in [0.29, 0.717) is 10.0 Å². The second kappa shape index (κ2) is 9.55. The molecule has 0 unspecified atom stereocenters. The van der Waals surface area contributed by atoms with E-state index in [1.54, 1.807) is 12.1 Å². The number of nitrogens with one attached hydrogen (secondary N) is 1. The van der Waals surface area contributed by atoms with E-state index in [-0.39, 0.29) is 6.04 Å². The first-order valence-corrected chi connectivity index (χ1v) is 10.4. The smallest absolute Gasteiger partial charge is 0.0767 e. The van der Waals surface area contributed by atoms with Gasteiger partial charge < -0.3 is 5.32 Å². The number of rotatable bonds is 4. The third-order valence-corrected chi connectivity index (χ3v) is 5.47. The number of anilines is 1. The molecule has 4 aromatic rings. The van der Waals surface area contributed by atoms with Crippen LogP contribution in [0.1, 0.15) is 28.3 Å². The van der Waals surface area contributed by atoms with Gasteiger partial charge in [0.1, 0.15) is 0 Å². The Bertz CT molecular complexity index is 1130. The van der Waals surface area contributed by atoms with Crippen LogP contribution < -0.4 is 5.32 Å². The molecule has 0 heterocycles. The van der Waals surface area contributed by atoms with Crippen molar-refractivity contribution >= 4 is 28.9 Å². The summed E-state index contributed by atoms with van der Waals surface area (Å²) in [6.07, 6.45) is 0. The highest BCUT2D eigenvalue weighted by molar-refractivity contribution is 6.42. The van der Waals surface area contributed by atoms with Crippen molar-refractivity contribution in [1.82, 2.24) is 0 Å². The predicted octanol–water partition coefficient (Wildman–Crippen LogP) is 7.59. The molecule has 4 rings (SSSR count). The van der Waals surface area contributed by atoms with Gasteiger partial charge in [0.05, 0.1) is 16.1 Å². The summed E-state index contributed by atoms with van der Waals surface area (Å²) in [6.45, 7) is 0. The topological polar surface area (TPSA) is 12.0 Å². The monoisotopic (exact) mass is 427 g/mol. The first-order chi connectivity index (χ1) is 14.7. The molecule has 0 fully saturated rings. The van der Waals surface area contributed by atoms with Crippen molar-refractivity contribution in [3.63, 3.8) is 0 Å². The van der Waals surface area contributed by atoms with E-state index >= 15 is 0 Å². The van der Waals surface area contributed by atoms with Gasteiger partial charge in [-0.3, -0.25) is 0 Å². The molecule has 0 aliphatic rings.